The van der Waals surface area contributed by atoms with Gasteiger partial charge in [0.25, 0.3) is 0 Å². The summed E-state index contributed by atoms with van der Waals surface area (Å²) in [6, 6.07) is 3.98. The average Bonchev–Trinajstić information content (AvgIpc) is 2.38. The molecule has 108 valence electrons. The van der Waals surface area contributed by atoms with Gasteiger partial charge in [0.05, 0.1) is 6.54 Å². The molecule has 6 N–H and O–H groups in total. The smallest absolute Gasteiger partial charge is 0.326 e. The second-order valence-electron chi connectivity index (χ2n) is 4.05. The molecule has 8 nitrogen and oxygen atoms in total. The minimum absolute atomic E-state index is 0.0413. The lowest BCUT2D eigenvalue weighted by Crippen LogP contribution is -2.48. The van der Waals surface area contributed by atoms with E-state index in [4.69, 9.17) is 15.9 Å². The third kappa shape index (κ3) is 5.25. The van der Waals surface area contributed by atoms with E-state index in [1.165, 1.54) is 12.1 Å². The minimum Gasteiger partial charge on any atom is -0.508 e. The minimum atomic E-state index is -1.22. The van der Waals surface area contributed by atoms with Gasteiger partial charge in [0.15, 0.2) is 0 Å². The molecule has 0 fully saturated rings. The molecule has 20 heavy (non-hydrogen) atoms. The van der Waals surface area contributed by atoms with Crippen molar-refractivity contribution < 1.29 is 24.6 Å². The molecule has 0 saturated heterocycles. The first-order valence-electron chi connectivity index (χ1n) is 5.72. The Kier molecular flexibility index (Phi) is 5.33. The van der Waals surface area contributed by atoms with Crippen molar-refractivity contribution in [3.05, 3.63) is 29.8 Å². The molecule has 0 radical (unpaired) electrons. The van der Waals surface area contributed by atoms with E-state index < -0.39 is 23.9 Å². The topological polar surface area (TPSA) is 142 Å². The van der Waals surface area contributed by atoms with Crippen molar-refractivity contribution in [2.45, 2.75) is 12.5 Å². The van der Waals surface area contributed by atoms with Gasteiger partial charge < -0.3 is 26.6 Å². The highest BCUT2D eigenvalue weighted by Gasteiger charge is 2.20. The Morgan fingerprint density at radius 3 is 2.30 bits per heavy atom. The zero-order chi connectivity index (χ0) is 15.1. The van der Waals surface area contributed by atoms with Crippen LogP contribution in [-0.4, -0.2) is 40.7 Å². The van der Waals surface area contributed by atoms with Crippen LogP contribution < -0.4 is 16.4 Å². The number of amides is 3. The molecular formula is C12H15N3O5. The van der Waals surface area contributed by atoms with Crippen LogP contribution >= 0.6 is 0 Å². The molecule has 0 bridgehead atoms. The summed E-state index contributed by atoms with van der Waals surface area (Å²) >= 11 is 0. The number of nitrogens with two attached hydrogens (primary N) is 1. The Balaban J connectivity index is 2.60. The number of aromatic hydroxyl groups is 1. The van der Waals surface area contributed by atoms with Crippen molar-refractivity contribution in [3.8, 4) is 5.75 Å². The van der Waals surface area contributed by atoms with Crippen molar-refractivity contribution in [3.63, 3.8) is 0 Å². The van der Waals surface area contributed by atoms with Crippen molar-refractivity contribution in [1.82, 2.24) is 10.6 Å². The Morgan fingerprint density at radius 1 is 1.20 bits per heavy atom. The molecule has 3 amide bonds. The van der Waals surface area contributed by atoms with Crippen LogP contribution in [0.25, 0.3) is 0 Å². The number of benzene rings is 1. The molecule has 0 aliphatic carbocycles. The molecule has 1 rings (SSSR count). The number of hydrogen-bond acceptors (Lipinski definition) is 4. The second-order valence-corrected chi connectivity index (χ2v) is 4.05. The van der Waals surface area contributed by atoms with Crippen molar-refractivity contribution in [1.29, 1.82) is 0 Å². The fourth-order valence-corrected chi connectivity index (χ4v) is 1.44. The fraction of sp³-hybridized carbons (Fsp3) is 0.250. The van der Waals surface area contributed by atoms with Gasteiger partial charge in [-0.3, -0.25) is 4.79 Å². The number of carbonyl (C=O) groups excluding carboxylic acids is 2. The molecule has 1 atom stereocenters. The van der Waals surface area contributed by atoms with Gasteiger partial charge in [0.2, 0.25) is 5.91 Å². The SMILES string of the molecule is NC(=O)CNC(=O)NC(Cc1ccc(O)cc1)C(=O)O. The first-order chi connectivity index (χ1) is 9.38. The van der Waals surface area contributed by atoms with Gasteiger partial charge in [-0.15, -0.1) is 0 Å². The monoisotopic (exact) mass is 281 g/mol. The number of aliphatic carboxylic acids is 1. The zero-order valence-corrected chi connectivity index (χ0v) is 10.5. The molecule has 1 aromatic carbocycles. The van der Waals surface area contributed by atoms with Gasteiger partial charge in [0, 0.05) is 6.42 Å². The summed E-state index contributed by atoms with van der Waals surface area (Å²) in [5.41, 5.74) is 5.48. The number of primary amides is 1. The molecular weight excluding hydrogens is 266 g/mol. The Bertz CT molecular complexity index is 500. The average molecular weight is 281 g/mol. The molecule has 0 aromatic heterocycles. The lowest BCUT2D eigenvalue weighted by atomic mass is 10.1. The molecule has 8 heteroatoms. The number of phenolic OH excluding ortho intramolecular Hbond substituents is 1. The summed E-state index contributed by atoms with van der Waals surface area (Å²) in [6.07, 6.45) is 0.0413. The van der Waals surface area contributed by atoms with Crippen LogP contribution in [0.3, 0.4) is 0 Å². The number of urea groups is 1. The number of phenols is 1. The zero-order valence-electron chi connectivity index (χ0n) is 10.5. The fourth-order valence-electron chi connectivity index (χ4n) is 1.44. The summed E-state index contributed by atoms with van der Waals surface area (Å²) in [7, 11) is 0. The molecule has 0 aliphatic heterocycles. The van der Waals surface area contributed by atoms with Crippen molar-refractivity contribution >= 4 is 17.9 Å². The third-order valence-electron chi connectivity index (χ3n) is 2.40. The van der Waals surface area contributed by atoms with E-state index in [1.54, 1.807) is 12.1 Å². The van der Waals surface area contributed by atoms with E-state index in [0.29, 0.717) is 5.56 Å². The summed E-state index contributed by atoms with van der Waals surface area (Å²) in [5, 5.41) is 22.5. The largest absolute Gasteiger partial charge is 0.508 e. The molecule has 0 heterocycles. The van der Waals surface area contributed by atoms with Crippen molar-refractivity contribution in [2.24, 2.45) is 5.73 Å². The van der Waals surface area contributed by atoms with Crippen LogP contribution in [0, 0.1) is 0 Å². The molecule has 1 unspecified atom stereocenters. The number of carboxylic acids is 1. The predicted octanol–water partition coefficient (Wildman–Crippen LogP) is -0.828. The predicted molar refractivity (Wildman–Crippen MR) is 69.0 cm³/mol. The van der Waals surface area contributed by atoms with Gasteiger partial charge in [-0.1, -0.05) is 12.1 Å². The van der Waals surface area contributed by atoms with Crippen LogP contribution in [0.4, 0.5) is 4.79 Å². The summed E-state index contributed by atoms with van der Waals surface area (Å²) in [6.45, 7) is -0.378. The van der Waals surface area contributed by atoms with E-state index in [2.05, 4.69) is 10.6 Å². The molecule has 0 aliphatic rings. The van der Waals surface area contributed by atoms with E-state index in [1.807, 2.05) is 0 Å². The normalized spacial score (nSPS) is 11.4. The highest BCUT2D eigenvalue weighted by atomic mass is 16.4. The van der Waals surface area contributed by atoms with Crippen molar-refractivity contribution in [2.75, 3.05) is 6.54 Å². The van der Waals surface area contributed by atoms with Gasteiger partial charge in [0.1, 0.15) is 11.8 Å². The van der Waals surface area contributed by atoms with E-state index in [9.17, 15) is 14.4 Å². The van der Waals surface area contributed by atoms with Crippen LogP contribution in [-0.2, 0) is 16.0 Å². The molecule has 1 aromatic rings. The highest BCUT2D eigenvalue weighted by molar-refractivity contribution is 5.86. The first kappa shape index (κ1) is 15.3. The van der Waals surface area contributed by atoms with E-state index in [0.717, 1.165) is 0 Å². The second kappa shape index (κ2) is 6.98. The summed E-state index contributed by atoms with van der Waals surface area (Å²) in [5.74, 6) is -1.88. The number of carboxylic acid groups (broad SMARTS) is 1. The van der Waals surface area contributed by atoms with Crippen LogP contribution in [0.1, 0.15) is 5.56 Å². The third-order valence-corrected chi connectivity index (χ3v) is 2.40. The Morgan fingerprint density at radius 2 is 1.80 bits per heavy atom. The Labute approximate surface area is 114 Å². The van der Waals surface area contributed by atoms with Crippen LogP contribution in [0.2, 0.25) is 0 Å². The summed E-state index contributed by atoms with van der Waals surface area (Å²) in [4.78, 5) is 32.9. The quantitative estimate of drug-likeness (QED) is 0.462. The maximum Gasteiger partial charge on any atom is 0.326 e. The highest BCUT2D eigenvalue weighted by Crippen LogP contribution is 2.11. The number of rotatable bonds is 6. The van der Waals surface area contributed by atoms with Gasteiger partial charge >= 0.3 is 12.0 Å². The van der Waals surface area contributed by atoms with Crippen LogP contribution in [0.5, 0.6) is 5.75 Å². The lowest BCUT2D eigenvalue weighted by Gasteiger charge is -2.15. The Hall–Kier alpha value is -2.77. The lowest BCUT2D eigenvalue weighted by molar-refractivity contribution is -0.139. The van der Waals surface area contributed by atoms with E-state index in [-0.39, 0.29) is 18.7 Å². The number of carbonyl (C=O) groups is 3. The maximum absolute atomic E-state index is 11.4. The summed E-state index contributed by atoms with van der Waals surface area (Å²) < 4.78 is 0. The number of hydrogen-bond donors (Lipinski definition) is 5. The van der Waals surface area contributed by atoms with Gasteiger partial charge in [-0.2, -0.15) is 0 Å². The number of nitrogens with one attached hydrogen (secondary N) is 2. The van der Waals surface area contributed by atoms with Gasteiger partial charge in [-0.05, 0) is 17.7 Å². The van der Waals surface area contributed by atoms with E-state index >= 15 is 0 Å². The standard InChI is InChI=1S/C12H15N3O5/c13-10(17)6-14-12(20)15-9(11(18)19)5-7-1-3-8(16)4-2-7/h1-4,9,16H,5-6H2,(H2,13,17)(H,18,19)(H2,14,15,20). The van der Waals surface area contributed by atoms with Gasteiger partial charge in [-0.25, -0.2) is 9.59 Å². The molecule has 0 saturated carbocycles. The first-order valence-corrected chi connectivity index (χ1v) is 5.72. The maximum atomic E-state index is 11.4. The molecule has 0 spiro atoms. The van der Waals surface area contributed by atoms with Crippen LogP contribution in [0.15, 0.2) is 24.3 Å².